The Balaban J connectivity index is 0.959. The average Bonchev–Trinajstić information content (AvgIpc) is 3.95. The van der Waals surface area contributed by atoms with Crippen molar-refractivity contribution in [3.05, 3.63) is 222 Å². The number of aromatic nitrogens is 2. The van der Waals surface area contributed by atoms with Crippen LogP contribution in [0, 0.1) is 0 Å². The van der Waals surface area contributed by atoms with Crippen LogP contribution in [0.1, 0.15) is 96.0 Å². The van der Waals surface area contributed by atoms with E-state index in [0.29, 0.717) is 23.7 Å². The van der Waals surface area contributed by atoms with Crippen molar-refractivity contribution in [3.8, 4) is 17.3 Å². The van der Waals surface area contributed by atoms with E-state index in [-0.39, 0.29) is 52.8 Å². The molecular formula is C62H58BN5O. The Kier molecular flexibility index (Phi) is 8.72. The Labute approximate surface area is 414 Å². The molecule has 3 aliphatic heterocycles. The summed E-state index contributed by atoms with van der Waals surface area (Å²) in [6.07, 6.45) is 10.2. The molecule has 340 valence electrons. The van der Waals surface area contributed by atoms with Crippen LogP contribution in [0.25, 0.3) is 38.8 Å². The first kappa shape index (κ1) is 37.5. The lowest BCUT2D eigenvalue weighted by Crippen LogP contribution is -2.44. The second-order valence-corrected chi connectivity index (χ2v) is 21.2. The second-order valence-electron chi connectivity index (χ2n) is 21.2. The molecule has 0 spiro atoms. The number of benzene rings is 6. The first-order valence-electron chi connectivity index (χ1n) is 26.6. The van der Waals surface area contributed by atoms with Gasteiger partial charge in [0.2, 0.25) is 0 Å². The first-order chi connectivity index (χ1) is 35.4. The van der Waals surface area contributed by atoms with Gasteiger partial charge in [-0.15, -0.1) is 0 Å². The van der Waals surface area contributed by atoms with E-state index in [1.807, 2.05) is 36.7 Å². The van der Waals surface area contributed by atoms with Crippen molar-refractivity contribution in [2.45, 2.75) is 77.6 Å². The highest BCUT2D eigenvalue weighted by Gasteiger charge is 2.40. The Morgan fingerprint density at radius 2 is 1.38 bits per heavy atom. The Morgan fingerprint density at radius 1 is 0.652 bits per heavy atom. The first-order valence-corrected chi connectivity index (χ1v) is 24.1. The lowest BCUT2D eigenvalue weighted by Gasteiger charge is -2.43. The minimum absolute atomic E-state index is 0.0198. The highest BCUT2D eigenvalue weighted by Crippen LogP contribution is 2.50. The number of rotatable bonds is 7. The van der Waals surface area contributed by atoms with E-state index in [1.165, 1.54) is 16.7 Å². The number of anilines is 3. The third kappa shape index (κ3) is 7.38. The molecule has 0 radical (unpaired) electrons. The average molecular weight is 905 g/mol. The molecule has 0 bridgehead atoms. The van der Waals surface area contributed by atoms with Crippen molar-refractivity contribution in [2.75, 3.05) is 16.5 Å². The van der Waals surface area contributed by atoms with Gasteiger partial charge in [-0.05, 0) is 117 Å². The van der Waals surface area contributed by atoms with Crippen molar-refractivity contribution in [1.82, 2.24) is 14.4 Å². The minimum Gasteiger partial charge on any atom is -0.457 e. The maximum atomic E-state index is 8.97. The highest BCUT2D eigenvalue weighted by molar-refractivity contribution is 6.68. The van der Waals surface area contributed by atoms with Crippen LogP contribution in [0.2, 0.25) is 0 Å². The molecule has 4 aliphatic rings. The fraction of sp³-hybridized carbons (Fsp3) is 0.210. The van der Waals surface area contributed by atoms with E-state index in [4.69, 9.17) is 16.6 Å². The monoisotopic (exact) mass is 905 g/mol. The highest BCUT2D eigenvalue weighted by atomic mass is 16.5. The summed E-state index contributed by atoms with van der Waals surface area (Å²) < 4.78 is 52.4. The molecule has 0 unspecified atom stereocenters. The van der Waals surface area contributed by atoms with Crippen molar-refractivity contribution in [1.29, 1.82) is 0 Å². The molecule has 6 aromatic carbocycles. The largest absolute Gasteiger partial charge is 0.457 e. The standard InChI is InChI=1S/C62H58BN5O/c1-60(2,3)45-30-35-64-58(37-45)68-54-21-12-11-20-50(54)51-26-25-48(39-57(51)68)69-47-19-15-18-46(38-47)65-41-66(56-23-14-13-22-55(56)65)59-49(43-24-27-52-53(36-43)62(6,7)32-31-61(52,4)5)29-34-63-33-28-44(40-67(59)63)42-16-9-8-10-17-42/h8-30,33-40H,31-32,41H2,1-7H3/i8D,9D,10D,16D,17D. The minimum atomic E-state index is -0.409. The number of hydrogen-bond donors (Lipinski definition) is 0. The van der Waals surface area contributed by atoms with Crippen molar-refractivity contribution >= 4 is 56.9 Å². The molecule has 0 fully saturated rings. The van der Waals surface area contributed by atoms with E-state index in [0.717, 1.165) is 74.5 Å². The topological polar surface area (TPSA) is 36.8 Å². The zero-order valence-electron chi connectivity index (χ0n) is 45.4. The normalized spacial score (nSPS) is 18.1. The number of fused-ring (bicyclic) bond motifs is 6. The Morgan fingerprint density at radius 3 is 2.19 bits per heavy atom. The maximum Gasteiger partial charge on any atom is 0.314 e. The van der Waals surface area contributed by atoms with Crippen LogP contribution in [0.15, 0.2) is 194 Å². The third-order valence-corrected chi connectivity index (χ3v) is 14.8. The summed E-state index contributed by atoms with van der Waals surface area (Å²) in [4.78, 5) is 11.8. The maximum absolute atomic E-state index is 8.97. The van der Waals surface area contributed by atoms with Gasteiger partial charge >= 0.3 is 6.85 Å². The molecule has 0 N–H and O–H groups in total. The van der Waals surface area contributed by atoms with E-state index < -0.39 is 6.04 Å². The van der Waals surface area contributed by atoms with E-state index in [1.54, 1.807) is 0 Å². The van der Waals surface area contributed by atoms with Gasteiger partial charge in [-0.25, -0.2) is 4.98 Å². The van der Waals surface area contributed by atoms with Crippen LogP contribution in [0.5, 0.6) is 11.5 Å². The number of allylic oxidation sites excluding steroid dienone is 4. The summed E-state index contributed by atoms with van der Waals surface area (Å²) in [6, 6.07) is 41.2. The molecule has 0 amide bonds. The molecule has 5 heterocycles. The zero-order chi connectivity index (χ0) is 51.6. The number of pyridine rings is 1. The van der Waals surface area contributed by atoms with Gasteiger partial charge in [0.25, 0.3) is 0 Å². The predicted molar refractivity (Wildman–Crippen MR) is 289 cm³/mol. The smallest absolute Gasteiger partial charge is 0.314 e. The molecule has 1 aliphatic carbocycles. The van der Waals surface area contributed by atoms with Crippen molar-refractivity contribution in [3.63, 3.8) is 0 Å². The number of para-hydroxylation sites is 3. The molecule has 0 saturated carbocycles. The Hall–Kier alpha value is -7.51. The fourth-order valence-electron chi connectivity index (χ4n) is 10.9. The van der Waals surface area contributed by atoms with Crippen LogP contribution in [0.4, 0.5) is 17.1 Å². The van der Waals surface area contributed by atoms with E-state index in [9.17, 15) is 0 Å². The lowest BCUT2D eigenvalue weighted by atomic mass is 9.56. The van der Waals surface area contributed by atoms with E-state index in [2.05, 4.69) is 189 Å². The van der Waals surface area contributed by atoms with Gasteiger partial charge in [0.05, 0.1) is 29.3 Å². The van der Waals surface area contributed by atoms with Gasteiger partial charge in [-0.1, -0.05) is 157 Å². The molecule has 0 atom stereocenters. The fourth-order valence-corrected chi connectivity index (χ4v) is 10.9. The molecule has 12 rings (SSSR count). The Bertz CT molecular complexity index is 3760. The van der Waals surface area contributed by atoms with Gasteiger partial charge in [0, 0.05) is 46.6 Å². The van der Waals surface area contributed by atoms with Gasteiger partial charge in [-0.2, -0.15) is 0 Å². The summed E-state index contributed by atoms with van der Waals surface area (Å²) >= 11 is 0. The zero-order valence-corrected chi connectivity index (χ0v) is 40.4. The van der Waals surface area contributed by atoms with Crippen LogP contribution in [-0.2, 0) is 16.2 Å². The predicted octanol–water partition coefficient (Wildman–Crippen LogP) is 15.5. The lowest BCUT2D eigenvalue weighted by molar-refractivity contribution is 0.332. The SMILES string of the molecule is [2H]c1c([2H])c([2H])c(C2=CN3B(C=C2)C=CC(c2ccc4c(c2)C(C)(C)CCC4(C)C)=C3N2CN(c3cccc(Oc4ccc5c6ccccc6n(-c6cc(C(C)(C)C)ccn6)c5c4)c3)c3ccccc32)c([2H])c1[2H]. The van der Waals surface area contributed by atoms with Gasteiger partial charge in [-0.3, -0.25) is 4.57 Å². The van der Waals surface area contributed by atoms with Gasteiger partial charge in [0.15, 0.2) is 0 Å². The van der Waals surface area contributed by atoms with Gasteiger partial charge < -0.3 is 19.3 Å². The number of nitrogens with zero attached hydrogens (tertiary/aromatic N) is 5. The molecule has 8 aromatic rings. The molecule has 2 aromatic heterocycles. The van der Waals surface area contributed by atoms with E-state index >= 15 is 0 Å². The van der Waals surface area contributed by atoms with Crippen LogP contribution in [0.3, 0.4) is 0 Å². The summed E-state index contributed by atoms with van der Waals surface area (Å²) in [5.74, 6) is 7.43. The van der Waals surface area contributed by atoms with Crippen molar-refractivity contribution < 1.29 is 11.6 Å². The summed E-state index contributed by atoms with van der Waals surface area (Å²) in [6.45, 7) is 16.3. The van der Waals surface area contributed by atoms with Crippen molar-refractivity contribution in [2.24, 2.45) is 0 Å². The summed E-state index contributed by atoms with van der Waals surface area (Å²) in [7, 11) is 0. The van der Waals surface area contributed by atoms with Gasteiger partial charge in [0.1, 0.15) is 29.8 Å². The summed E-state index contributed by atoms with van der Waals surface area (Å²) in [5, 5.41) is 2.27. The van der Waals surface area contributed by atoms with Crippen LogP contribution < -0.4 is 14.5 Å². The van der Waals surface area contributed by atoms with Crippen LogP contribution in [-0.4, -0.2) is 27.9 Å². The quantitative estimate of drug-likeness (QED) is 0.149. The molecule has 6 nitrogen and oxygen atoms in total. The molecular weight excluding hydrogens is 842 g/mol. The molecule has 69 heavy (non-hydrogen) atoms. The number of hydrogen-bond acceptors (Lipinski definition) is 5. The molecule has 0 saturated heterocycles. The molecule has 7 heteroatoms. The third-order valence-electron chi connectivity index (χ3n) is 14.8. The number of ether oxygens (including phenoxy) is 1. The summed E-state index contributed by atoms with van der Waals surface area (Å²) in [5.41, 5.74) is 11.8. The van der Waals surface area contributed by atoms with Crippen LogP contribution >= 0.6 is 0 Å². The second kappa shape index (κ2) is 16.1.